The van der Waals surface area contributed by atoms with Gasteiger partial charge in [0.1, 0.15) is 5.82 Å². The zero-order chi connectivity index (χ0) is 13.2. The molecule has 2 aromatic heterocycles. The van der Waals surface area contributed by atoms with Crippen molar-refractivity contribution in [3.8, 4) is 0 Å². The summed E-state index contributed by atoms with van der Waals surface area (Å²) in [4.78, 5) is 8.64. The molecule has 3 aromatic rings. The van der Waals surface area contributed by atoms with Crippen LogP contribution >= 0.6 is 23.2 Å². The number of aromatic nitrogens is 3. The Morgan fingerprint density at radius 2 is 2.05 bits per heavy atom. The Hall–Kier alpha value is -1.58. The highest BCUT2D eigenvalue weighted by Gasteiger charge is 2.12. The van der Waals surface area contributed by atoms with Gasteiger partial charge in [-0.3, -0.25) is 4.98 Å². The first-order chi connectivity index (χ1) is 9.29. The lowest BCUT2D eigenvalue weighted by Crippen LogP contribution is -2.04. The molecule has 5 heteroatoms. The van der Waals surface area contributed by atoms with E-state index in [1.165, 1.54) is 0 Å². The number of hydrogen-bond donors (Lipinski definition) is 0. The normalized spacial score (nSPS) is 11.1. The molecule has 0 radical (unpaired) electrons. The molecular weight excluding hydrogens is 281 g/mol. The second-order valence-corrected chi connectivity index (χ2v) is 4.89. The number of hydrogen-bond acceptors (Lipinski definition) is 2. The lowest BCUT2D eigenvalue weighted by atomic mass is 10.2. The molecule has 0 saturated heterocycles. The molecule has 0 N–H and O–H groups in total. The molecule has 0 aliphatic carbocycles. The van der Waals surface area contributed by atoms with Crippen molar-refractivity contribution in [2.75, 3.05) is 0 Å². The molecule has 96 valence electrons. The van der Waals surface area contributed by atoms with Crippen molar-refractivity contribution in [1.82, 2.24) is 14.5 Å². The maximum Gasteiger partial charge on any atom is 0.125 e. The first kappa shape index (κ1) is 12.5. The minimum Gasteiger partial charge on any atom is -0.321 e. The largest absolute Gasteiger partial charge is 0.321 e. The second kappa shape index (κ2) is 5.19. The second-order valence-electron chi connectivity index (χ2n) is 4.22. The van der Waals surface area contributed by atoms with Crippen molar-refractivity contribution >= 4 is 34.2 Å². The fourth-order valence-corrected chi connectivity index (χ4v) is 2.61. The van der Waals surface area contributed by atoms with Gasteiger partial charge in [-0.1, -0.05) is 23.7 Å². The van der Waals surface area contributed by atoms with E-state index in [1.54, 1.807) is 6.20 Å². The summed E-state index contributed by atoms with van der Waals surface area (Å²) in [5.41, 5.74) is 2.88. The number of halogens is 2. The van der Waals surface area contributed by atoms with Crippen molar-refractivity contribution in [1.29, 1.82) is 0 Å². The molecule has 2 heterocycles. The van der Waals surface area contributed by atoms with Crippen LogP contribution in [0.25, 0.3) is 11.0 Å². The topological polar surface area (TPSA) is 30.7 Å². The van der Waals surface area contributed by atoms with Crippen molar-refractivity contribution in [2.24, 2.45) is 0 Å². The molecule has 0 fully saturated rings. The highest BCUT2D eigenvalue weighted by molar-refractivity contribution is 6.35. The SMILES string of the molecule is ClCc1nc2cccc(Cl)c2n1Cc1cccnc1. The molecule has 1 aromatic carbocycles. The number of benzene rings is 1. The van der Waals surface area contributed by atoms with E-state index in [0.29, 0.717) is 17.4 Å². The van der Waals surface area contributed by atoms with Crippen LogP contribution in [0.5, 0.6) is 0 Å². The van der Waals surface area contributed by atoms with Gasteiger partial charge in [-0.2, -0.15) is 0 Å². The molecule has 0 saturated carbocycles. The summed E-state index contributed by atoms with van der Waals surface area (Å²) in [5.74, 6) is 1.17. The summed E-state index contributed by atoms with van der Waals surface area (Å²) in [6, 6.07) is 9.63. The minimum absolute atomic E-state index is 0.352. The number of alkyl halides is 1. The number of rotatable bonds is 3. The van der Waals surface area contributed by atoms with Crippen LogP contribution in [0.15, 0.2) is 42.7 Å². The quantitative estimate of drug-likeness (QED) is 0.686. The summed E-state index contributed by atoms with van der Waals surface area (Å²) in [7, 11) is 0. The first-order valence-corrected chi connectivity index (χ1v) is 6.79. The van der Waals surface area contributed by atoms with Crippen LogP contribution in [0.2, 0.25) is 5.02 Å². The number of pyridine rings is 1. The number of para-hydroxylation sites is 1. The summed E-state index contributed by atoms with van der Waals surface area (Å²) < 4.78 is 2.04. The molecule has 3 rings (SSSR count). The number of fused-ring (bicyclic) bond motifs is 1. The number of nitrogens with zero attached hydrogens (tertiary/aromatic N) is 3. The fraction of sp³-hybridized carbons (Fsp3) is 0.143. The van der Waals surface area contributed by atoms with Crippen molar-refractivity contribution in [3.63, 3.8) is 0 Å². The molecule has 0 atom stereocenters. The Kier molecular flexibility index (Phi) is 3.40. The predicted octanol–water partition coefficient (Wildman–Crippen LogP) is 3.87. The van der Waals surface area contributed by atoms with Crippen molar-refractivity contribution in [3.05, 3.63) is 59.1 Å². The van der Waals surface area contributed by atoms with Crippen LogP contribution in [0, 0.1) is 0 Å². The lowest BCUT2D eigenvalue weighted by molar-refractivity contribution is 0.775. The van der Waals surface area contributed by atoms with Crippen LogP contribution in [0.4, 0.5) is 0 Å². The van der Waals surface area contributed by atoms with Gasteiger partial charge in [0.25, 0.3) is 0 Å². The fourth-order valence-electron chi connectivity index (χ4n) is 2.14. The summed E-state index contributed by atoms with van der Waals surface area (Å²) in [6.45, 7) is 0.663. The molecule has 0 aliphatic rings. The van der Waals surface area contributed by atoms with Crippen LogP contribution in [0.1, 0.15) is 11.4 Å². The summed E-state index contributed by atoms with van der Waals surface area (Å²) >= 11 is 12.3. The van der Waals surface area contributed by atoms with Gasteiger partial charge >= 0.3 is 0 Å². The molecule has 0 aliphatic heterocycles. The highest BCUT2D eigenvalue weighted by atomic mass is 35.5. The Morgan fingerprint density at radius 3 is 2.79 bits per heavy atom. The van der Waals surface area contributed by atoms with E-state index in [9.17, 15) is 0 Å². The third-order valence-electron chi connectivity index (χ3n) is 2.98. The van der Waals surface area contributed by atoms with E-state index >= 15 is 0 Å². The minimum atomic E-state index is 0.352. The van der Waals surface area contributed by atoms with Gasteiger partial charge in [0.15, 0.2) is 0 Å². The Labute approximate surface area is 120 Å². The van der Waals surface area contributed by atoms with Crippen LogP contribution < -0.4 is 0 Å². The van der Waals surface area contributed by atoms with Crippen LogP contribution in [-0.2, 0) is 12.4 Å². The van der Waals surface area contributed by atoms with Crippen LogP contribution in [0.3, 0.4) is 0 Å². The van der Waals surface area contributed by atoms with Gasteiger partial charge in [-0.15, -0.1) is 11.6 Å². The van der Waals surface area contributed by atoms with E-state index in [4.69, 9.17) is 23.2 Å². The smallest absolute Gasteiger partial charge is 0.125 e. The first-order valence-electron chi connectivity index (χ1n) is 5.88. The van der Waals surface area contributed by atoms with Gasteiger partial charge < -0.3 is 4.57 Å². The van der Waals surface area contributed by atoms with Crippen molar-refractivity contribution in [2.45, 2.75) is 12.4 Å². The van der Waals surface area contributed by atoms with Gasteiger partial charge in [0.2, 0.25) is 0 Å². The Morgan fingerprint density at radius 1 is 1.16 bits per heavy atom. The Bertz CT molecular complexity index is 707. The summed E-state index contributed by atoms with van der Waals surface area (Å²) in [5, 5.41) is 0.685. The van der Waals surface area contributed by atoms with Gasteiger partial charge in [-0.25, -0.2) is 4.98 Å². The van der Waals surface area contributed by atoms with E-state index in [1.807, 2.05) is 41.1 Å². The lowest BCUT2D eigenvalue weighted by Gasteiger charge is -2.08. The third kappa shape index (κ3) is 2.31. The molecule has 3 nitrogen and oxygen atoms in total. The zero-order valence-corrected chi connectivity index (χ0v) is 11.6. The third-order valence-corrected chi connectivity index (χ3v) is 3.52. The molecular formula is C14H11Cl2N3. The molecule has 0 unspecified atom stereocenters. The molecule has 0 amide bonds. The van der Waals surface area contributed by atoms with E-state index in [2.05, 4.69) is 9.97 Å². The van der Waals surface area contributed by atoms with Gasteiger partial charge in [0, 0.05) is 12.4 Å². The summed E-state index contributed by atoms with van der Waals surface area (Å²) in [6.07, 6.45) is 3.59. The predicted molar refractivity (Wildman–Crippen MR) is 77.6 cm³/mol. The molecule has 0 spiro atoms. The van der Waals surface area contributed by atoms with E-state index in [0.717, 1.165) is 22.4 Å². The standard InChI is InChI=1S/C14H11Cl2N3/c15-7-13-18-12-5-1-4-11(16)14(12)19(13)9-10-3-2-6-17-8-10/h1-6,8H,7,9H2. The maximum absolute atomic E-state index is 6.28. The Balaban J connectivity index is 2.16. The maximum atomic E-state index is 6.28. The van der Waals surface area contributed by atoms with Gasteiger partial charge in [0.05, 0.1) is 28.5 Å². The van der Waals surface area contributed by atoms with Crippen LogP contribution in [-0.4, -0.2) is 14.5 Å². The average Bonchev–Trinajstić information content (AvgIpc) is 2.79. The zero-order valence-electron chi connectivity index (χ0n) is 10.1. The molecule has 19 heavy (non-hydrogen) atoms. The highest BCUT2D eigenvalue weighted by Crippen LogP contribution is 2.26. The van der Waals surface area contributed by atoms with E-state index in [-0.39, 0.29) is 0 Å². The monoisotopic (exact) mass is 291 g/mol. The van der Waals surface area contributed by atoms with Gasteiger partial charge in [-0.05, 0) is 23.8 Å². The van der Waals surface area contributed by atoms with E-state index < -0.39 is 0 Å². The van der Waals surface area contributed by atoms with Crippen molar-refractivity contribution < 1.29 is 0 Å². The molecule has 0 bridgehead atoms. The average molecular weight is 292 g/mol. The number of imidazole rings is 1.